The summed E-state index contributed by atoms with van der Waals surface area (Å²) >= 11 is 6.40. The molecule has 0 aliphatic rings. The van der Waals surface area contributed by atoms with Crippen LogP contribution >= 0.6 is 11.6 Å². The fraction of sp³-hybridized carbons (Fsp3) is 0.542. The summed E-state index contributed by atoms with van der Waals surface area (Å²) < 4.78 is 1.66. The van der Waals surface area contributed by atoms with Crippen LogP contribution in [0, 0.1) is 0 Å². The number of carbonyl (C=O) groups excluding carboxylic acids is 2. The van der Waals surface area contributed by atoms with Gasteiger partial charge in [0.1, 0.15) is 5.82 Å². The van der Waals surface area contributed by atoms with Crippen molar-refractivity contribution in [3.8, 4) is 5.69 Å². The van der Waals surface area contributed by atoms with Gasteiger partial charge < -0.3 is 10.2 Å². The number of anilines is 1. The molecule has 0 saturated heterocycles. The lowest BCUT2D eigenvalue weighted by molar-refractivity contribution is -0.134. The average Bonchev–Trinajstić information content (AvgIpc) is 3.13. The summed E-state index contributed by atoms with van der Waals surface area (Å²) in [7, 11) is 0. The van der Waals surface area contributed by atoms with E-state index in [0.29, 0.717) is 29.5 Å². The van der Waals surface area contributed by atoms with Gasteiger partial charge >= 0.3 is 0 Å². The van der Waals surface area contributed by atoms with E-state index in [4.69, 9.17) is 16.7 Å². The molecular formula is C24H35ClN4O2. The predicted molar refractivity (Wildman–Crippen MR) is 127 cm³/mol. The van der Waals surface area contributed by atoms with Gasteiger partial charge in [0.2, 0.25) is 11.8 Å². The summed E-state index contributed by atoms with van der Waals surface area (Å²) in [4.78, 5) is 27.2. The third kappa shape index (κ3) is 7.10. The number of nitrogens with one attached hydrogen (secondary N) is 1. The quantitative estimate of drug-likeness (QED) is 0.517. The van der Waals surface area contributed by atoms with Crippen molar-refractivity contribution in [1.29, 1.82) is 0 Å². The standard InChI is InChI=1S/C24H35ClN4O2/c1-6-8-14-23(31)28(15-9-7-2)17-22(30)26-21-16-20(24(3,4)5)27-29(21)19-13-11-10-12-18(19)25/h10-13,16H,6-9,14-15,17H2,1-5H3,(H,26,30). The average molecular weight is 447 g/mol. The van der Waals surface area contributed by atoms with E-state index in [0.717, 1.165) is 31.4 Å². The van der Waals surface area contributed by atoms with E-state index < -0.39 is 0 Å². The van der Waals surface area contributed by atoms with Gasteiger partial charge in [-0.2, -0.15) is 5.10 Å². The highest BCUT2D eigenvalue weighted by molar-refractivity contribution is 6.32. The maximum absolute atomic E-state index is 12.9. The Hall–Kier alpha value is -2.34. The number of halogens is 1. The van der Waals surface area contributed by atoms with E-state index in [9.17, 15) is 9.59 Å². The Labute approximate surface area is 191 Å². The molecule has 0 aliphatic carbocycles. The van der Waals surface area contributed by atoms with E-state index in [-0.39, 0.29) is 23.8 Å². The summed E-state index contributed by atoms with van der Waals surface area (Å²) in [5.41, 5.74) is 1.33. The number of hydrogen-bond donors (Lipinski definition) is 1. The molecule has 0 unspecified atom stereocenters. The Kier molecular flexibility index (Phi) is 9.11. The van der Waals surface area contributed by atoms with Gasteiger partial charge in [-0.3, -0.25) is 9.59 Å². The van der Waals surface area contributed by atoms with Crippen LogP contribution in [0.15, 0.2) is 30.3 Å². The molecule has 0 radical (unpaired) electrons. The van der Waals surface area contributed by atoms with Crippen LogP contribution in [0.3, 0.4) is 0 Å². The van der Waals surface area contributed by atoms with E-state index in [2.05, 4.69) is 39.9 Å². The molecule has 6 nitrogen and oxygen atoms in total. The molecule has 0 saturated carbocycles. The van der Waals surface area contributed by atoms with Crippen LogP contribution in [0.5, 0.6) is 0 Å². The second-order valence-electron chi connectivity index (χ2n) is 8.85. The number of hydrogen-bond acceptors (Lipinski definition) is 3. The molecule has 0 spiro atoms. The molecule has 7 heteroatoms. The highest BCUT2D eigenvalue weighted by Gasteiger charge is 2.23. The van der Waals surface area contributed by atoms with Crippen LogP contribution in [0.2, 0.25) is 5.02 Å². The minimum Gasteiger partial charge on any atom is -0.333 e. The second-order valence-corrected chi connectivity index (χ2v) is 9.26. The maximum atomic E-state index is 12.9. The van der Waals surface area contributed by atoms with E-state index in [1.165, 1.54) is 0 Å². The van der Waals surface area contributed by atoms with Crippen molar-refractivity contribution in [2.45, 2.75) is 72.1 Å². The Balaban J connectivity index is 2.27. The topological polar surface area (TPSA) is 67.2 Å². The van der Waals surface area contributed by atoms with Crippen molar-refractivity contribution >= 4 is 29.2 Å². The summed E-state index contributed by atoms with van der Waals surface area (Å²) in [5, 5.41) is 8.21. The second kappa shape index (κ2) is 11.3. The molecule has 0 atom stereocenters. The van der Waals surface area contributed by atoms with E-state index in [1.54, 1.807) is 15.6 Å². The van der Waals surface area contributed by atoms with Crippen molar-refractivity contribution in [2.24, 2.45) is 0 Å². The molecule has 1 aromatic heterocycles. The van der Waals surface area contributed by atoms with Crippen LogP contribution < -0.4 is 5.32 Å². The molecule has 0 fully saturated rings. The number of amides is 2. The SMILES string of the molecule is CCCCC(=O)N(CCCC)CC(=O)Nc1cc(C(C)(C)C)nn1-c1ccccc1Cl. The van der Waals surface area contributed by atoms with Gasteiger partial charge in [0.25, 0.3) is 0 Å². The lowest BCUT2D eigenvalue weighted by Gasteiger charge is -2.22. The smallest absolute Gasteiger partial charge is 0.245 e. The Bertz CT molecular complexity index is 886. The van der Waals surface area contributed by atoms with Gasteiger partial charge in [-0.15, -0.1) is 0 Å². The first-order valence-electron chi connectivity index (χ1n) is 11.1. The highest BCUT2D eigenvalue weighted by atomic mass is 35.5. The number of aromatic nitrogens is 2. The van der Waals surface area contributed by atoms with Crippen molar-refractivity contribution in [1.82, 2.24) is 14.7 Å². The lowest BCUT2D eigenvalue weighted by atomic mass is 9.92. The first kappa shape index (κ1) is 24.9. The van der Waals surface area contributed by atoms with Gasteiger partial charge in [-0.1, -0.05) is 71.2 Å². The Morgan fingerprint density at radius 1 is 1.13 bits per heavy atom. The van der Waals surface area contributed by atoms with E-state index >= 15 is 0 Å². The molecule has 170 valence electrons. The number of carbonyl (C=O) groups is 2. The molecule has 2 rings (SSSR count). The zero-order chi connectivity index (χ0) is 23.0. The van der Waals surface area contributed by atoms with Crippen LogP contribution in [0.25, 0.3) is 5.69 Å². The Morgan fingerprint density at radius 3 is 2.42 bits per heavy atom. The zero-order valence-corrected chi connectivity index (χ0v) is 20.1. The van der Waals surface area contributed by atoms with Gasteiger partial charge in [0, 0.05) is 24.4 Å². The van der Waals surface area contributed by atoms with Crippen LogP contribution in [0.1, 0.15) is 72.4 Å². The van der Waals surface area contributed by atoms with Gasteiger partial charge in [0.05, 0.1) is 22.9 Å². The maximum Gasteiger partial charge on any atom is 0.245 e. The predicted octanol–water partition coefficient (Wildman–Crippen LogP) is 5.58. The molecule has 0 bridgehead atoms. The fourth-order valence-electron chi connectivity index (χ4n) is 3.13. The molecule has 2 amide bonds. The van der Waals surface area contributed by atoms with Crippen molar-refractivity contribution in [2.75, 3.05) is 18.4 Å². The summed E-state index contributed by atoms with van der Waals surface area (Å²) in [6.07, 6.45) is 4.09. The molecule has 1 aromatic carbocycles. The fourth-order valence-corrected chi connectivity index (χ4v) is 3.34. The van der Waals surface area contributed by atoms with Crippen LogP contribution in [-0.4, -0.2) is 39.6 Å². The minimum atomic E-state index is -0.241. The van der Waals surface area contributed by atoms with Crippen LogP contribution in [-0.2, 0) is 15.0 Å². The summed E-state index contributed by atoms with van der Waals surface area (Å²) in [5.74, 6) is 0.328. The number of unbranched alkanes of at least 4 members (excludes halogenated alkanes) is 2. The van der Waals surface area contributed by atoms with Crippen molar-refractivity contribution in [3.05, 3.63) is 41.0 Å². The van der Waals surface area contributed by atoms with Gasteiger partial charge in [0.15, 0.2) is 0 Å². The van der Waals surface area contributed by atoms with E-state index in [1.807, 2.05) is 24.3 Å². The van der Waals surface area contributed by atoms with Crippen molar-refractivity contribution < 1.29 is 9.59 Å². The zero-order valence-electron chi connectivity index (χ0n) is 19.4. The number of rotatable bonds is 10. The molecule has 31 heavy (non-hydrogen) atoms. The Morgan fingerprint density at radius 2 is 1.81 bits per heavy atom. The largest absolute Gasteiger partial charge is 0.333 e. The van der Waals surface area contributed by atoms with Crippen LogP contribution in [0.4, 0.5) is 5.82 Å². The molecule has 1 N–H and O–H groups in total. The molecule has 2 aromatic rings. The third-order valence-electron chi connectivity index (χ3n) is 5.04. The number of benzene rings is 1. The van der Waals surface area contributed by atoms with Gasteiger partial charge in [-0.25, -0.2) is 4.68 Å². The first-order valence-corrected chi connectivity index (χ1v) is 11.5. The first-order chi connectivity index (χ1) is 14.7. The number of nitrogens with zero attached hydrogens (tertiary/aromatic N) is 3. The van der Waals surface area contributed by atoms with Gasteiger partial charge in [-0.05, 0) is 25.0 Å². The third-order valence-corrected chi connectivity index (χ3v) is 5.36. The monoisotopic (exact) mass is 446 g/mol. The lowest BCUT2D eigenvalue weighted by Crippen LogP contribution is -2.38. The molecule has 0 aliphatic heterocycles. The normalized spacial score (nSPS) is 11.4. The molecular weight excluding hydrogens is 412 g/mol. The highest BCUT2D eigenvalue weighted by Crippen LogP contribution is 2.29. The summed E-state index contributed by atoms with van der Waals surface area (Å²) in [6.45, 7) is 10.9. The van der Waals surface area contributed by atoms with Crippen molar-refractivity contribution in [3.63, 3.8) is 0 Å². The minimum absolute atomic E-state index is 0.0282. The number of para-hydroxylation sites is 1. The molecule has 1 heterocycles. The summed E-state index contributed by atoms with van der Waals surface area (Å²) in [6, 6.07) is 9.26.